The molecule has 19 heavy (non-hydrogen) atoms. The minimum atomic E-state index is 0.119. The van der Waals surface area contributed by atoms with Gasteiger partial charge in [0.05, 0.1) is 11.4 Å². The standard InChI is InChI=1S/C8H12N2.C7H11NS/c1-8(2,3)7-6-9-4-5-10-7;1-7(2,3)6-4-5-9-8-6/h4-6H,1-3H3;4-5H,1-3H3. The number of nitrogens with zero attached hydrogens (tertiary/aromatic N) is 3. The predicted molar refractivity (Wildman–Crippen MR) is 81.5 cm³/mol. The summed E-state index contributed by atoms with van der Waals surface area (Å²) in [6, 6.07) is 2.07. The fourth-order valence-corrected chi connectivity index (χ4v) is 1.98. The fourth-order valence-electron chi connectivity index (χ4n) is 1.29. The Bertz CT molecular complexity index is 464. The highest BCUT2D eigenvalue weighted by atomic mass is 32.1. The van der Waals surface area contributed by atoms with Gasteiger partial charge in [-0.15, -0.1) is 0 Å². The maximum Gasteiger partial charge on any atom is 0.0640 e. The van der Waals surface area contributed by atoms with Crippen LogP contribution in [0.1, 0.15) is 52.9 Å². The molecule has 0 aliphatic heterocycles. The number of aromatic nitrogens is 3. The van der Waals surface area contributed by atoms with Crippen LogP contribution in [0.4, 0.5) is 0 Å². The zero-order valence-corrected chi connectivity index (χ0v) is 13.5. The van der Waals surface area contributed by atoms with Gasteiger partial charge in [-0.1, -0.05) is 41.5 Å². The van der Waals surface area contributed by atoms with Gasteiger partial charge in [0.1, 0.15) is 0 Å². The molecular formula is C15H23N3S. The molecule has 2 aromatic rings. The molecule has 0 aliphatic rings. The Balaban J connectivity index is 0.000000191. The number of rotatable bonds is 0. The first-order valence-corrected chi connectivity index (χ1v) is 7.22. The summed E-state index contributed by atoms with van der Waals surface area (Å²) in [5.74, 6) is 0. The highest BCUT2D eigenvalue weighted by Gasteiger charge is 2.15. The number of hydrogen-bond acceptors (Lipinski definition) is 4. The molecule has 3 nitrogen and oxygen atoms in total. The van der Waals surface area contributed by atoms with E-state index in [1.165, 1.54) is 17.2 Å². The van der Waals surface area contributed by atoms with Crippen LogP contribution >= 0.6 is 11.5 Å². The molecule has 2 aromatic heterocycles. The average molecular weight is 277 g/mol. The van der Waals surface area contributed by atoms with Crippen molar-refractivity contribution < 1.29 is 0 Å². The molecule has 0 saturated carbocycles. The van der Waals surface area contributed by atoms with Crippen LogP contribution in [0.3, 0.4) is 0 Å². The minimum absolute atomic E-state index is 0.119. The van der Waals surface area contributed by atoms with E-state index in [9.17, 15) is 0 Å². The van der Waals surface area contributed by atoms with Gasteiger partial charge in [0, 0.05) is 34.8 Å². The summed E-state index contributed by atoms with van der Waals surface area (Å²) < 4.78 is 4.23. The van der Waals surface area contributed by atoms with E-state index in [1.54, 1.807) is 18.6 Å². The lowest BCUT2D eigenvalue weighted by Crippen LogP contribution is -2.13. The number of hydrogen-bond donors (Lipinski definition) is 0. The third-order valence-electron chi connectivity index (χ3n) is 2.54. The summed E-state index contributed by atoms with van der Waals surface area (Å²) >= 11 is 1.52. The molecule has 0 aliphatic carbocycles. The molecule has 0 fully saturated rings. The topological polar surface area (TPSA) is 38.7 Å². The van der Waals surface area contributed by atoms with Crippen molar-refractivity contribution in [1.29, 1.82) is 0 Å². The highest BCUT2D eigenvalue weighted by Crippen LogP contribution is 2.20. The van der Waals surface area contributed by atoms with Crippen LogP contribution in [0.25, 0.3) is 0 Å². The first-order chi connectivity index (χ1) is 8.71. The normalized spacial score (nSPS) is 11.7. The van der Waals surface area contributed by atoms with Crippen LogP contribution in [0.15, 0.2) is 30.0 Å². The fraction of sp³-hybridized carbons (Fsp3) is 0.533. The molecule has 0 atom stereocenters. The van der Waals surface area contributed by atoms with Gasteiger partial charge in [-0.05, 0) is 17.6 Å². The summed E-state index contributed by atoms with van der Waals surface area (Å²) in [5.41, 5.74) is 2.57. The van der Waals surface area contributed by atoms with Gasteiger partial charge in [-0.25, -0.2) is 0 Å². The molecular weight excluding hydrogens is 254 g/mol. The summed E-state index contributed by atoms with van der Waals surface area (Å²) in [7, 11) is 0. The molecule has 0 N–H and O–H groups in total. The SMILES string of the molecule is CC(C)(C)c1ccsn1.CC(C)(C)c1cnccn1. The lowest BCUT2D eigenvalue weighted by molar-refractivity contribution is 0.565. The minimum Gasteiger partial charge on any atom is -0.261 e. The summed E-state index contributed by atoms with van der Waals surface area (Å²) in [5, 5.41) is 2.01. The molecule has 2 heterocycles. The Morgan fingerprint density at radius 3 is 1.79 bits per heavy atom. The maximum absolute atomic E-state index is 4.23. The second kappa shape index (κ2) is 6.24. The molecule has 0 saturated heterocycles. The van der Waals surface area contributed by atoms with E-state index in [-0.39, 0.29) is 10.8 Å². The van der Waals surface area contributed by atoms with Crippen molar-refractivity contribution in [3.05, 3.63) is 41.4 Å². The van der Waals surface area contributed by atoms with Crippen LogP contribution in [-0.4, -0.2) is 14.3 Å². The van der Waals surface area contributed by atoms with Crippen molar-refractivity contribution in [3.8, 4) is 0 Å². The van der Waals surface area contributed by atoms with Crippen molar-refractivity contribution in [3.63, 3.8) is 0 Å². The van der Waals surface area contributed by atoms with Gasteiger partial charge >= 0.3 is 0 Å². The average Bonchev–Trinajstić information content (AvgIpc) is 2.83. The van der Waals surface area contributed by atoms with Crippen molar-refractivity contribution in [2.45, 2.75) is 52.4 Å². The second-order valence-corrected chi connectivity index (χ2v) is 7.14. The third-order valence-corrected chi connectivity index (χ3v) is 3.10. The first-order valence-electron chi connectivity index (χ1n) is 6.38. The van der Waals surface area contributed by atoms with Gasteiger partial charge in [0.25, 0.3) is 0 Å². The van der Waals surface area contributed by atoms with Crippen LogP contribution in [-0.2, 0) is 10.8 Å². The largest absolute Gasteiger partial charge is 0.261 e. The highest BCUT2D eigenvalue weighted by molar-refractivity contribution is 7.03. The van der Waals surface area contributed by atoms with Gasteiger partial charge in [-0.3, -0.25) is 9.97 Å². The van der Waals surface area contributed by atoms with Crippen molar-refractivity contribution in [2.24, 2.45) is 0 Å². The molecule has 4 heteroatoms. The van der Waals surface area contributed by atoms with Crippen molar-refractivity contribution in [2.75, 3.05) is 0 Å². The third kappa shape index (κ3) is 5.47. The zero-order valence-electron chi connectivity index (χ0n) is 12.6. The van der Waals surface area contributed by atoms with Crippen molar-refractivity contribution >= 4 is 11.5 Å². The molecule has 0 amide bonds. The molecule has 0 bridgehead atoms. The van der Waals surface area contributed by atoms with E-state index in [4.69, 9.17) is 0 Å². The Morgan fingerprint density at radius 1 is 0.895 bits per heavy atom. The van der Waals surface area contributed by atoms with Crippen LogP contribution < -0.4 is 0 Å². The van der Waals surface area contributed by atoms with Gasteiger partial charge in [-0.2, -0.15) is 4.37 Å². The van der Waals surface area contributed by atoms with Crippen LogP contribution in [0.2, 0.25) is 0 Å². The van der Waals surface area contributed by atoms with E-state index in [0.717, 1.165) is 5.69 Å². The molecule has 0 radical (unpaired) electrons. The molecule has 2 rings (SSSR count). The van der Waals surface area contributed by atoms with Gasteiger partial charge in [0.2, 0.25) is 0 Å². The Hall–Kier alpha value is -1.29. The van der Waals surface area contributed by atoms with E-state index in [1.807, 2.05) is 5.38 Å². The zero-order chi connectivity index (χ0) is 14.5. The van der Waals surface area contributed by atoms with E-state index in [0.29, 0.717) is 0 Å². The molecule has 0 aromatic carbocycles. The van der Waals surface area contributed by atoms with E-state index in [2.05, 4.69) is 62.0 Å². The Kier molecular flexibility index (Phi) is 5.18. The molecule has 0 unspecified atom stereocenters. The predicted octanol–water partition coefficient (Wildman–Crippen LogP) is 4.21. The second-order valence-electron chi connectivity index (χ2n) is 6.48. The Labute approximate surface area is 120 Å². The summed E-state index contributed by atoms with van der Waals surface area (Å²) in [4.78, 5) is 8.18. The lowest BCUT2D eigenvalue weighted by atomic mass is 9.93. The summed E-state index contributed by atoms with van der Waals surface area (Å²) in [6.07, 6.45) is 5.22. The van der Waals surface area contributed by atoms with Crippen LogP contribution in [0.5, 0.6) is 0 Å². The van der Waals surface area contributed by atoms with Crippen LogP contribution in [0, 0.1) is 0 Å². The van der Waals surface area contributed by atoms with Gasteiger partial charge < -0.3 is 0 Å². The Morgan fingerprint density at radius 2 is 1.53 bits per heavy atom. The van der Waals surface area contributed by atoms with Crippen molar-refractivity contribution in [1.82, 2.24) is 14.3 Å². The van der Waals surface area contributed by atoms with E-state index >= 15 is 0 Å². The lowest BCUT2D eigenvalue weighted by Gasteiger charge is -2.15. The smallest absolute Gasteiger partial charge is 0.0640 e. The maximum atomic E-state index is 4.23. The van der Waals surface area contributed by atoms with Gasteiger partial charge in [0.15, 0.2) is 0 Å². The van der Waals surface area contributed by atoms with E-state index < -0.39 is 0 Å². The molecule has 0 spiro atoms. The quantitative estimate of drug-likeness (QED) is 0.724. The molecule has 104 valence electrons. The monoisotopic (exact) mass is 277 g/mol. The first kappa shape index (κ1) is 15.8. The summed E-state index contributed by atoms with van der Waals surface area (Å²) in [6.45, 7) is 12.9.